The predicted octanol–water partition coefficient (Wildman–Crippen LogP) is 2.32. The molecule has 0 bridgehead atoms. The van der Waals surface area contributed by atoms with E-state index in [9.17, 15) is 0 Å². The van der Waals surface area contributed by atoms with Gasteiger partial charge in [0.1, 0.15) is 5.82 Å². The molecule has 0 radical (unpaired) electrons. The molecule has 2 rings (SSSR count). The van der Waals surface area contributed by atoms with Crippen LogP contribution >= 0.6 is 15.9 Å². The van der Waals surface area contributed by atoms with Crippen molar-refractivity contribution in [1.82, 2.24) is 14.8 Å². The first kappa shape index (κ1) is 9.21. The molecule has 0 aliphatic rings. The quantitative estimate of drug-likeness (QED) is 0.893. The van der Waals surface area contributed by atoms with Crippen molar-refractivity contribution >= 4 is 27.6 Å². The Morgan fingerprint density at radius 2 is 2.14 bits per heavy atom. The average molecular weight is 253 g/mol. The average Bonchev–Trinajstić information content (AvgIpc) is 2.56. The third-order valence-electron chi connectivity index (χ3n) is 1.70. The Kier molecular flexibility index (Phi) is 2.49. The summed E-state index contributed by atoms with van der Waals surface area (Å²) in [6, 6.07) is 5.71. The third-order valence-corrected chi connectivity index (χ3v) is 2.17. The monoisotopic (exact) mass is 252 g/mol. The van der Waals surface area contributed by atoms with Gasteiger partial charge in [0.2, 0.25) is 0 Å². The number of anilines is 2. The lowest BCUT2D eigenvalue weighted by Gasteiger charge is -2.00. The van der Waals surface area contributed by atoms with E-state index in [0.717, 1.165) is 16.1 Å². The van der Waals surface area contributed by atoms with Gasteiger partial charge in [-0.05, 0) is 28.1 Å². The van der Waals surface area contributed by atoms with Crippen LogP contribution in [0.15, 0.2) is 35.1 Å². The fraction of sp³-hybridized carbons (Fsp3) is 0.111. The van der Waals surface area contributed by atoms with Crippen LogP contribution in [0.2, 0.25) is 0 Å². The SMILES string of the molecule is Cn1ccc(Nc2ccc(Br)cn2)n1. The van der Waals surface area contributed by atoms with Crippen molar-refractivity contribution in [2.24, 2.45) is 7.05 Å². The lowest BCUT2D eigenvalue weighted by Crippen LogP contribution is -1.95. The summed E-state index contributed by atoms with van der Waals surface area (Å²) in [7, 11) is 1.88. The van der Waals surface area contributed by atoms with Crippen molar-refractivity contribution in [3.8, 4) is 0 Å². The van der Waals surface area contributed by atoms with Crippen LogP contribution in [0.5, 0.6) is 0 Å². The standard InChI is InChI=1S/C9H9BrN4/c1-14-5-4-9(13-14)12-8-3-2-7(10)6-11-8/h2-6H,1H3,(H,11,12,13). The number of aromatic nitrogens is 3. The molecule has 0 aliphatic carbocycles. The molecule has 5 heteroatoms. The summed E-state index contributed by atoms with van der Waals surface area (Å²) in [5.74, 6) is 1.58. The highest BCUT2D eigenvalue weighted by molar-refractivity contribution is 9.10. The third kappa shape index (κ3) is 2.11. The second-order valence-electron chi connectivity index (χ2n) is 2.86. The Morgan fingerprint density at radius 1 is 1.29 bits per heavy atom. The Bertz CT molecular complexity index is 421. The van der Waals surface area contributed by atoms with Crippen LogP contribution in [0, 0.1) is 0 Å². The van der Waals surface area contributed by atoms with Crippen LogP contribution in [-0.4, -0.2) is 14.8 Å². The molecule has 72 valence electrons. The van der Waals surface area contributed by atoms with E-state index in [0.29, 0.717) is 0 Å². The van der Waals surface area contributed by atoms with Crippen LogP contribution in [0.25, 0.3) is 0 Å². The minimum Gasteiger partial charge on any atom is -0.323 e. The molecule has 14 heavy (non-hydrogen) atoms. The number of hydrogen-bond donors (Lipinski definition) is 1. The number of aryl methyl sites for hydroxylation is 1. The highest BCUT2D eigenvalue weighted by atomic mass is 79.9. The highest BCUT2D eigenvalue weighted by Gasteiger charge is 1.97. The molecule has 0 saturated heterocycles. The molecular formula is C9H9BrN4. The van der Waals surface area contributed by atoms with E-state index in [1.807, 2.05) is 31.4 Å². The molecule has 0 unspecified atom stereocenters. The van der Waals surface area contributed by atoms with Gasteiger partial charge < -0.3 is 5.32 Å². The van der Waals surface area contributed by atoms with E-state index in [-0.39, 0.29) is 0 Å². The van der Waals surface area contributed by atoms with Crippen LogP contribution in [0.3, 0.4) is 0 Å². The van der Waals surface area contributed by atoms with Crippen LogP contribution < -0.4 is 5.32 Å². The molecule has 0 amide bonds. The zero-order chi connectivity index (χ0) is 9.97. The van der Waals surface area contributed by atoms with Crippen LogP contribution in [0.4, 0.5) is 11.6 Å². The molecule has 2 aromatic rings. The van der Waals surface area contributed by atoms with Gasteiger partial charge in [-0.25, -0.2) is 4.98 Å². The minimum atomic E-state index is 0.784. The number of nitrogens with one attached hydrogen (secondary N) is 1. The summed E-state index contributed by atoms with van der Waals surface area (Å²) in [6.07, 6.45) is 3.62. The Balaban J connectivity index is 2.15. The van der Waals surface area contributed by atoms with Gasteiger partial charge in [0, 0.05) is 30.0 Å². The first-order valence-electron chi connectivity index (χ1n) is 4.12. The normalized spacial score (nSPS) is 10.1. The molecule has 0 fully saturated rings. The summed E-state index contributed by atoms with van der Waals surface area (Å²) in [5.41, 5.74) is 0. The molecule has 4 nitrogen and oxygen atoms in total. The van der Waals surface area contributed by atoms with Gasteiger partial charge in [0.05, 0.1) is 0 Å². The van der Waals surface area contributed by atoms with Crippen molar-refractivity contribution in [3.63, 3.8) is 0 Å². The van der Waals surface area contributed by atoms with Crippen molar-refractivity contribution < 1.29 is 0 Å². The van der Waals surface area contributed by atoms with Crippen molar-refractivity contribution in [2.75, 3.05) is 5.32 Å². The van der Waals surface area contributed by atoms with Crippen LogP contribution in [0.1, 0.15) is 0 Å². The minimum absolute atomic E-state index is 0.784. The molecule has 2 heterocycles. The van der Waals surface area contributed by atoms with E-state index in [1.165, 1.54) is 0 Å². The van der Waals surface area contributed by atoms with Gasteiger partial charge in [0.15, 0.2) is 5.82 Å². The first-order chi connectivity index (χ1) is 6.74. The Hall–Kier alpha value is -1.36. The topological polar surface area (TPSA) is 42.7 Å². The van der Waals surface area contributed by atoms with Gasteiger partial charge in [-0.15, -0.1) is 0 Å². The van der Waals surface area contributed by atoms with Gasteiger partial charge in [0.25, 0.3) is 0 Å². The zero-order valence-corrected chi connectivity index (χ0v) is 9.19. The lowest BCUT2D eigenvalue weighted by atomic mass is 10.4. The molecule has 0 aromatic carbocycles. The van der Waals surface area contributed by atoms with E-state index >= 15 is 0 Å². The summed E-state index contributed by atoms with van der Waals surface area (Å²) in [6.45, 7) is 0. The largest absolute Gasteiger partial charge is 0.323 e. The molecule has 0 saturated carbocycles. The number of pyridine rings is 1. The summed E-state index contributed by atoms with van der Waals surface area (Å²) < 4.78 is 2.70. The molecule has 1 N–H and O–H groups in total. The lowest BCUT2D eigenvalue weighted by molar-refractivity contribution is 0.771. The fourth-order valence-corrected chi connectivity index (χ4v) is 1.30. The molecule has 0 spiro atoms. The van der Waals surface area contributed by atoms with E-state index in [2.05, 4.69) is 31.3 Å². The molecular weight excluding hydrogens is 244 g/mol. The van der Waals surface area contributed by atoms with Gasteiger partial charge in [-0.2, -0.15) is 5.10 Å². The summed E-state index contributed by atoms with van der Waals surface area (Å²) >= 11 is 3.32. The fourth-order valence-electron chi connectivity index (χ4n) is 1.06. The second kappa shape index (κ2) is 3.79. The Labute approximate surface area is 90.1 Å². The number of halogens is 1. The Morgan fingerprint density at radius 3 is 2.71 bits per heavy atom. The van der Waals surface area contributed by atoms with Gasteiger partial charge in [-0.1, -0.05) is 0 Å². The highest BCUT2D eigenvalue weighted by Crippen LogP contribution is 2.14. The van der Waals surface area contributed by atoms with E-state index in [4.69, 9.17) is 0 Å². The number of nitrogens with zero attached hydrogens (tertiary/aromatic N) is 3. The first-order valence-corrected chi connectivity index (χ1v) is 4.91. The van der Waals surface area contributed by atoms with Crippen molar-refractivity contribution in [3.05, 3.63) is 35.1 Å². The molecule has 2 aromatic heterocycles. The maximum Gasteiger partial charge on any atom is 0.153 e. The zero-order valence-electron chi connectivity index (χ0n) is 7.61. The predicted molar refractivity (Wildman–Crippen MR) is 58.4 cm³/mol. The number of hydrogen-bond acceptors (Lipinski definition) is 3. The van der Waals surface area contributed by atoms with Crippen molar-refractivity contribution in [2.45, 2.75) is 0 Å². The summed E-state index contributed by atoms with van der Waals surface area (Å²) in [5, 5.41) is 7.27. The van der Waals surface area contributed by atoms with E-state index < -0.39 is 0 Å². The van der Waals surface area contributed by atoms with E-state index in [1.54, 1.807) is 10.9 Å². The number of rotatable bonds is 2. The molecule has 0 atom stereocenters. The van der Waals surface area contributed by atoms with Crippen molar-refractivity contribution in [1.29, 1.82) is 0 Å². The maximum atomic E-state index is 4.18. The summed E-state index contributed by atoms with van der Waals surface area (Å²) in [4.78, 5) is 4.18. The molecule has 0 aliphatic heterocycles. The van der Waals surface area contributed by atoms with Gasteiger partial charge in [-0.3, -0.25) is 4.68 Å². The van der Waals surface area contributed by atoms with Gasteiger partial charge >= 0.3 is 0 Å². The maximum absolute atomic E-state index is 4.18. The smallest absolute Gasteiger partial charge is 0.153 e. The van der Waals surface area contributed by atoms with Crippen LogP contribution in [-0.2, 0) is 7.05 Å². The second-order valence-corrected chi connectivity index (χ2v) is 3.78.